The Balaban J connectivity index is 4.25. The standard InChI is InChI=1S/C14H27NO/c1-8-13(4,5)9-14(6,7)10-15-12(16)11(2)3/h2,8-10H2,1,3-7H3,(H,15,16). The molecular weight excluding hydrogens is 198 g/mol. The van der Waals surface area contributed by atoms with Crippen molar-refractivity contribution in [3.8, 4) is 0 Å². The molecule has 0 spiro atoms. The van der Waals surface area contributed by atoms with Crippen molar-refractivity contribution in [2.24, 2.45) is 10.8 Å². The Bertz CT molecular complexity index is 264. The molecule has 0 atom stereocenters. The molecule has 0 fully saturated rings. The molecule has 0 saturated carbocycles. The van der Waals surface area contributed by atoms with Gasteiger partial charge >= 0.3 is 0 Å². The van der Waals surface area contributed by atoms with Gasteiger partial charge in [0.2, 0.25) is 5.91 Å². The Labute approximate surface area is 101 Å². The zero-order valence-corrected chi connectivity index (χ0v) is 11.7. The number of hydrogen-bond donors (Lipinski definition) is 1. The molecule has 0 aromatic rings. The number of rotatable bonds is 6. The van der Waals surface area contributed by atoms with Crippen LogP contribution in [0.1, 0.15) is 54.4 Å². The van der Waals surface area contributed by atoms with Gasteiger partial charge in [0.1, 0.15) is 0 Å². The van der Waals surface area contributed by atoms with Crippen molar-refractivity contribution in [3.63, 3.8) is 0 Å². The minimum absolute atomic E-state index is 0.0395. The molecule has 0 rings (SSSR count). The van der Waals surface area contributed by atoms with E-state index in [0.717, 1.165) is 12.8 Å². The van der Waals surface area contributed by atoms with Crippen molar-refractivity contribution in [1.29, 1.82) is 0 Å². The summed E-state index contributed by atoms with van der Waals surface area (Å²) in [4.78, 5) is 11.4. The molecule has 0 aliphatic heterocycles. The highest BCUT2D eigenvalue weighted by Crippen LogP contribution is 2.35. The van der Waals surface area contributed by atoms with Gasteiger partial charge in [-0.15, -0.1) is 0 Å². The van der Waals surface area contributed by atoms with Crippen LogP contribution < -0.4 is 5.32 Å². The first-order valence-electron chi connectivity index (χ1n) is 6.03. The number of hydrogen-bond acceptors (Lipinski definition) is 1. The van der Waals surface area contributed by atoms with Crippen LogP contribution >= 0.6 is 0 Å². The molecule has 0 bridgehead atoms. The van der Waals surface area contributed by atoms with Gasteiger partial charge in [0.05, 0.1) is 0 Å². The van der Waals surface area contributed by atoms with E-state index in [4.69, 9.17) is 0 Å². The lowest BCUT2D eigenvalue weighted by atomic mass is 9.73. The molecule has 0 aromatic carbocycles. The summed E-state index contributed by atoms with van der Waals surface area (Å²) in [6, 6.07) is 0. The Morgan fingerprint density at radius 1 is 1.19 bits per heavy atom. The molecular formula is C14H27NO. The van der Waals surface area contributed by atoms with E-state index in [2.05, 4.69) is 46.5 Å². The molecule has 2 nitrogen and oxygen atoms in total. The molecule has 16 heavy (non-hydrogen) atoms. The minimum atomic E-state index is -0.0395. The molecule has 2 heteroatoms. The largest absolute Gasteiger partial charge is 0.352 e. The predicted octanol–water partition coefficient (Wildman–Crippen LogP) is 3.53. The third-order valence-corrected chi connectivity index (χ3v) is 3.03. The lowest BCUT2D eigenvalue weighted by Crippen LogP contribution is -2.36. The van der Waals surface area contributed by atoms with Gasteiger partial charge in [0.25, 0.3) is 0 Å². The lowest BCUT2D eigenvalue weighted by Gasteiger charge is -2.34. The summed E-state index contributed by atoms with van der Waals surface area (Å²) in [5.41, 5.74) is 1.03. The van der Waals surface area contributed by atoms with Gasteiger partial charge in [0, 0.05) is 12.1 Å². The van der Waals surface area contributed by atoms with Crippen molar-refractivity contribution in [3.05, 3.63) is 12.2 Å². The molecule has 0 aliphatic rings. The summed E-state index contributed by atoms with van der Waals surface area (Å²) in [5.74, 6) is -0.0395. The molecule has 0 radical (unpaired) electrons. The van der Waals surface area contributed by atoms with Gasteiger partial charge in [-0.05, 0) is 24.2 Å². The van der Waals surface area contributed by atoms with E-state index in [1.54, 1.807) is 6.92 Å². The Morgan fingerprint density at radius 3 is 2.06 bits per heavy atom. The third kappa shape index (κ3) is 5.94. The molecule has 94 valence electrons. The number of carbonyl (C=O) groups is 1. The zero-order chi connectivity index (χ0) is 13.0. The van der Waals surface area contributed by atoms with Crippen LogP contribution in [0.4, 0.5) is 0 Å². The molecule has 0 aliphatic carbocycles. The number of amides is 1. The monoisotopic (exact) mass is 225 g/mol. The summed E-state index contributed by atoms with van der Waals surface area (Å²) in [7, 11) is 0. The topological polar surface area (TPSA) is 29.1 Å². The van der Waals surface area contributed by atoms with Crippen LogP contribution in [0.3, 0.4) is 0 Å². The molecule has 0 unspecified atom stereocenters. The molecule has 0 saturated heterocycles. The summed E-state index contributed by atoms with van der Waals surface area (Å²) in [6.07, 6.45) is 2.26. The summed E-state index contributed by atoms with van der Waals surface area (Å²) < 4.78 is 0. The lowest BCUT2D eigenvalue weighted by molar-refractivity contribution is -0.117. The van der Waals surface area contributed by atoms with E-state index >= 15 is 0 Å². The van der Waals surface area contributed by atoms with Gasteiger partial charge in [-0.1, -0.05) is 47.6 Å². The highest BCUT2D eigenvalue weighted by Gasteiger charge is 2.27. The fraction of sp³-hybridized carbons (Fsp3) is 0.786. The quantitative estimate of drug-likeness (QED) is 0.688. The third-order valence-electron chi connectivity index (χ3n) is 3.03. The minimum Gasteiger partial charge on any atom is -0.352 e. The average molecular weight is 225 g/mol. The van der Waals surface area contributed by atoms with E-state index in [0.29, 0.717) is 17.5 Å². The van der Waals surface area contributed by atoms with Crippen LogP contribution in [0, 0.1) is 10.8 Å². The molecule has 0 heterocycles. The molecule has 1 N–H and O–H groups in total. The van der Waals surface area contributed by atoms with Gasteiger partial charge in [0.15, 0.2) is 0 Å². The van der Waals surface area contributed by atoms with Crippen LogP contribution in [-0.4, -0.2) is 12.5 Å². The van der Waals surface area contributed by atoms with Gasteiger partial charge < -0.3 is 5.32 Å². The van der Waals surface area contributed by atoms with Gasteiger partial charge in [-0.2, -0.15) is 0 Å². The second kappa shape index (κ2) is 5.51. The maximum Gasteiger partial charge on any atom is 0.246 e. The van der Waals surface area contributed by atoms with Crippen LogP contribution in [0.15, 0.2) is 12.2 Å². The second-order valence-corrected chi connectivity index (χ2v) is 6.32. The molecule has 0 aromatic heterocycles. The highest BCUT2D eigenvalue weighted by atomic mass is 16.1. The number of nitrogens with one attached hydrogen (secondary N) is 1. The van der Waals surface area contributed by atoms with Gasteiger partial charge in [-0.3, -0.25) is 4.79 Å². The molecule has 1 amide bonds. The van der Waals surface area contributed by atoms with E-state index in [1.807, 2.05) is 0 Å². The first-order valence-corrected chi connectivity index (χ1v) is 6.03. The van der Waals surface area contributed by atoms with Crippen molar-refractivity contribution in [2.75, 3.05) is 6.54 Å². The second-order valence-electron chi connectivity index (χ2n) is 6.32. The van der Waals surface area contributed by atoms with Crippen LogP contribution in [0.5, 0.6) is 0 Å². The van der Waals surface area contributed by atoms with E-state index < -0.39 is 0 Å². The maximum atomic E-state index is 11.4. The summed E-state index contributed by atoms with van der Waals surface area (Å²) >= 11 is 0. The maximum absolute atomic E-state index is 11.4. The van der Waals surface area contributed by atoms with E-state index in [-0.39, 0.29) is 11.3 Å². The highest BCUT2D eigenvalue weighted by molar-refractivity contribution is 5.92. The number of carbonyl (C=O) groups excluding carboxylic acids is 1. The first kappa shape index (κ1) is 15.2. The predicted molar refractivity (Wildman–Crippen MR) is 70.3 cm³/mol. The van der Waals surface area contributed by atoms with Crippen LogP contribution in [0.2, 0.25) is 0 Å². The van der Waals surface area contributed by atoms with Crippen molar-refractivity contribution in [1.82, 2.24) is 5.32 Å². The SMILES string of the molecule is C=C(C)C(=O)NCC(C)(C)CC(C)(C)CC. The zero-order valence-electron chi connectivity index (χ0n) is 11.7. The average Bonchev–Trinajstić information content (AvgIpc) is 2.12. The summed E-state index contributed by atoms with van der Waals surface area (Å²) in [6.45, 7) is 17.2. The normalized spacial score (nSPS) is 12.4. The Hall–Kier alpha value is -0.790. The Kier molecular flexibility index (Phi) is 5.24. The van der Waals surface area contributed by atoms with E-state index in [1.165, 1.54) is 0 Å². The van der Waals surface area contributed by atoms with E-state index in [9.17, 15) is 4.79 Å². The van der Waals surface area contributed by atoms with Gasteiger partial charge in [-0.25, -0.2) is 0 Å². The van der Waals surface area contributed by atoms with Crippen molar-refractivity contribution < 1.29 is 4.79 Å². The smallest absolute Gasteiger partial charge is 0.246 e. The first-order chi connectivity index (χ1) is 7.09. The summed E-state index contributed by atoms with van der Waals surface area (Å²) in [5, 5.41) is 2.93. The fourth-order valence-corrected chi connectivity index (χ4v) is 1.95. The van der Waals surface area contributed by atoms with Crippen molar-refractivity contribution in [2.45, 2.75) is 54.4 Å². The van der Waals surface area contributed by atoms with Crippen molar-refractivity contribution >= 4 is 5.91 Å². The Morgan fingerprint density at radius 2 is 1.69 bits per heavy atom. The fourth-order valence-electron chi connectivity index (χ4n) is 1.95. The van der Waals surface area contributed by atoms with Crippen LogP contribution in [0.25, 0.3) is 0 Å². The van der Waals surface area contributed by atoms with Crippen LogP contribution in [-0.2, 0) is 4.79 Å².